The molecule has 26 heavy (non-hydrogen) atoms. The Labute approximate surface area is 155 Å². The van der Waals surface area contributed by atoms with Gasteiger partial charge in [0.15, 0.2) is 0 Å². The maximum atomic E-state index is 12.7. The van der Waals surface area contributed by atoms with Gasteiger partial charge in [0.2, 0.25) is 0 Å². The van der Waals surface area contributed by atoms with Crippen LogP contribution in [0.15, 0.2) is 66.0 Å². The topological polar surface area (TPSA) is 84.2 Å². The molecule has 2 aromatic carbocycles. The monoisotopic (exact) mass is 365 g/mol. The van der Waals surface area contributed by atoms with Gasteiger partial charge in [-0.25, -0.2) is 4.79 Å². The first kappa shape index (κ1) is 17.7. The number of urea groups is 1. The minimum atomic E-state index is -0.606. The van der Waals surface area contributed by atoms with Crippen molar-refractivity contribution in [1.82, 2.24) is 5.32 Å². The molecular formula is C20H19N3O2S. The number of amides is 3. The number of carbonyl (C=O) groups excluding carboxylic acids is 2. The Hall–Kier alpha value is -3.12. The number of anilines is 1. The number of rotatable bonds is 5. The molecule has 1 atom stereocenters. The van der Waals surface area contributed by atoms with E-state index in [-0.39, 0.29) is 11.9 Å². The summed E-state index contributed by atoms with van der Waals surface area (Å²) >= 11 is 1.43. The van der Waals surface area contributed by atoms with Gasteiger partial charge in [-0.1, -0.05) is 42.5 Å². The number of hydrogen-bond donors (Lipinski definition) is 3. The second kappa shape index (κ2) is 7.84. The van der Waals surface area contributed by atoms with Gasteiger partial charge in [0.25, 0.3) is 5.91 Å². The lowest BCUT2D eigenvalue weighted by Crippen LogP contribution is -2.26. The lowest BCUT2D eigenvalue weighted by molar-refractivity contribution is 0.0944. The largest absolute Gasteiger partial charge is 0.351 e. The summed E-state index contributed by atoms with van der Waals surface area (Å²) in [5.74, 6) is -0.106. The average Bonchev–Trinajstić information content (AvgIpc) is 3.12. The van der Waals surface area contributed by atoms with Crippen LogP contribution in [0.25, 0.3) is 11.1 Å². The normalized spacial score (nSPS) is 11.6. The molecule has 0 radical (unpaired) electrons. The molecule has 0 aliphatic carbocycles. The highest BCUT2D eigenvalue weighted by molar-refractivity contribution is 7.12. The molecule has 0 bridgehead atoms. The molecule has 3 amide bonds. The van der Waals surface area contributed by atoms with Crippen molar-refractivity contribution in [3.63, 3.8) is 0 Å². The standard InChI is InChI=1S/C20H19N3O2S/c1-13(14-7-9-16(10-8-14)23-20(21)25)22-19(24)18-17(11-12-26-18)15-5-3-2-4-6-15/h2-13H,1H3,(H,22,24)(H3,21,23,25). The first-order valence-corrected chi connectivity index (χ1v) is 9.03. The minimum Gasteiger partial charge on any atom is -0.351 e. The van der Waals surface area contributed by atoms with Crippen LogP contribution < -0.4 is 16.4 Å². The third-order valence-electron chi connectivity index (χ3n) is 3.98. The molecule has 3 aromatic rings. The van der Waals surface area contributed by atoms with Gasteiger partial charge >= 0.3 is 6.03 Å². The number of carbonyl (C=O) groups is 2. The van der Waals surface area contributed by atoms with Crippen LogP contribution in [-0.2, 0) is 0 Å². The Morgan fingerprint density at radius 3 is 2.35 bits per heavy atom. The van der Waals surface area contributed by atoms with E-state index in [1.54, 1.807) is 12.1 Å². The number of benzene rings is 2. The van der Waals surface area contributed by atoms with Gasteiger partial charge in [-0.05, 0) is 41.6 Å². The van der Waals surface area contributed by atoms with Gasteiger partial charge in [0.1, 0.15) is 0 Å². The molecule has 0 aliphatic heterocycles. The molecule has 132 valence electrons. The van der Waals surface area contributed by atoms with Crippen LogP contribution in [0.5, 0.6) is 0 Å². The summed E-state index contributed by atoms with van der Waals surface area (Å²) in [6, 6.07) is 18.2. The van der Waals surface area contributed by atoms with Crippen molar-refractivity contribution in [2.45, 2.75) is 13.0 Å². The Morgan fingerprint density at radius 2 is 1.69 bits per heavy atom. The maximum Gasteiger partial charge on any atom is 0.316 e. The van der Waals surface area contributed by atoms with Crippen molar-refractivity contribution in [1.29, 1.82) is 0 Å². The van der Waals surface area contributed by atoms with E-state index in [2.05, 4.69) is 10.6 Å². The van der Waals surface area contributed by atoms with E-state index in [0.717, 1.165) is 16.7 Å². The van der Waals surface area contributed by atoms with Gasteiger partial charge in [-0.15, -0.1) is 11.3 Å². The van der Waals surface area contributed by atoms with E-state index in [9.17, 15) is 9.59 Å². The van der Waals surface area contributed by atoms with Gasteiger partial charge in [0.05, 0.1) is 10.9 Å². The second-order valence-electron chi connectivity index (χ2n) is 5.84. The zero-order valence-corrected chi connectivity index (χ0v) is 15.0. The summed E-state index contributed by atoms with van der Waals surface area (Å²) in [6.45, 7) is 1.92. The SMILES string of the molecule is CC(NC(=O)c1sccc1-c1ccccc1)c1ccc(NC(N)=O)cc1. The molecule has 1 heterocycles. The summed E-state index contributed by atoms with van der Waals surface area (Å²) in [4.78, 5) is 24.3. The first-order valence-electron chi connectivity index (χ1n) is 8.15. The summed E-state index contributed by atoms with van der Waals surface area (Å²) in [5.41, 5.74) is 8.60. The molecule has 0 spiro atoms. The summed E-state index contributed by atoms with van der Waals surface area (Å²) in [5, 5.41) is 7.46. The zero-order chi connectivity index (χ0) is 18.5. The van der Waals surface area contributed by atoms with Crippen LogP contribution in [0, 0.1) is 0 Å². The van der Waals surface area contributed by atoms with Crippen molar-refractivity contribution in [3.8, 4) is 11.1 Å². The molecule has 5 nitrogen and oxygen atoms in total. The van der Waals surface area contributed by atoms with E-state index in [4.69, 9.17) is 5.73 Å². The van der Waals surface area contributed by atoms with E-state index in [1.165, 1.54) is 11.3 Å². The lowest BCUT2D eigenvalue weighted by atomic mass is 10.1. The number of nitrogens with two attached hydrogens (primary N) is 1. The second-order valence-corrected chi connectivity index (χ2v) is 6.75. The first-order chi connectivity index (χ1) is 12.5. The quantitative estimate of drug-likeness (QED) is 0.626. The van der Waals surface area contributed by atoms with Gasteiger partial charge in [-0.2, -0.15) is 0 Å². The Bertz CT molecular complexity index is 904. The van der Waals surface area contributed by atoms with Crippen molar-refractivity contribution in [2.75, 3.05) is 5.32 Å². The van der Waals surface area contributed by atoms with Crippen LogP contribution in [0.1, 0.15) is 28.2 Å². The molecule has 0 fully saturated rings. The van der Waals surface area contributed by atoms with Crippen molar-refractivity contribution in [3.05, 3.63) is 76.5 Å². The van der Waals surface area contributed by atoms with Crippen LogP contribution in [0.3, 0.4) is 0 Å². The Kier molecular flexibility index (Phi) is 5.34. The number of hydrogen-bond acceptors (Lipinski definition) is 3. The van der Waals surface area contributed by atoms with Gasteiger partial charge < -0.3 is 16.4 Å². The fourth-order valence-corrected chi connectivity index (χ4v) is 3.49. The van der Waals surface area contributed by atoms with Crippen LogP contribution >= 0.6 is 11.3 Å². The highest BCUT2D eigenvalue weighted by atomic mass is 32.1. The smallest absolute Gasteiger partial charge is 0.316 e. The van der Waals surface area contributed by atoms with Crippen LogP contribution in [0.2, 0.25) is 0 Å². The highest BCUT2D eigenvalue weighted by Crippen LogP contribution is 2.28. The number of nitrogens with one attached hydrogen (secondary N) is 2. The number of thiophene rings is 1. The van der Waals surface area contributed by atoms with E-state index in [1.807, 2.05) is 60.8 Å². The predicted octanol–water partition coefficient (Wildman–Crippen LogP) is 4.40. The van der Waals surface area contributed by atoms with Crippen molar-refractivity contribution >= 4 is 29.0 Å². The fraction of sp³-hybridized carbons (Fsp3) is 0.100. The molecule has 0 saturated heterocycles. The van der Waals surface area contributed by atoms with Crippen LogP contribution in [0.4, 0.5) is 10.5 Å². The van der Waals surface area contributed by atoms with E-state index >= 15 is 0 Å². The van der Waals surface area contributed by atoms with E-state index in [0.29, 0.717) is 10.6 Å². The molecule has 1 unspecified atom stereocenters. The van der Waals surface area contributed by atoms with Crippen molar-refractivity contribution < 1.29 is 9.59 Å². The molecular weight excluding hydrogens is 346 g/mol. The minimum absolute atomic E-state index is 0.106. The third-order valence-corrected chi connectivity index (χ3v) is 4.90. The lowest BCUT2D eigenvalue weighted by Gasteiger charge is -2.15. The third kappa shape index (κ3) is 4.10. The maximum absolute atomic E-state index is 12.7. The fourth-order valence-electron chi connectivity index (χ4n) is 2.67. The zero-order valence-electron chi connectivity index (χ0n) is 14.2. The average molecular weight is 365 g/mol. The summed E-state index contributed by atoms with van der Waals surface area (Å²) in [7, 11) is 0. The number of primary amides is 1. The molecule has 1 aromatic heterocycles. The van der Waals surface area contributed by atoms with E-state index < -0.39 is 6.03 Å². The predicted molar refractivity (Wildman–Crippen MR) is 105 cm³/mol. The summed E-state index contributed by atoms with van der Waals surface area (Å²) < 4.78 is 0. The van der Waals surface area contributed by atoms with Crippen LogP contribution in [-0.4, -0.2) is 11.9 Å². The Balaban J connectivity index is 1.72. The Morgan fingerprint density at radius 1 is 1.00 bits per heavy atom. The van der Waals surface area contributed by atoms with Gasteiger partial charge in [-0.3, -0.25) is 4.79 Å². The van der Waals surface area contributed by atoms with Gasteiger partial charge in [0, 0.05) is 11.3 Å². The summed E-state index contributed by atoms with van der Waals surface area (Å²) in [6.07, 6.45) is 0. The molecule has 0 aliphatic rings. The highest BCUT2D eigenvalue weighted by Gasteiger charge is 2.17. The molecule has 4 N–H and O–H groups in total. The molecule has 0 saturated carbocycles. The van der Waals surface area contributed by atoms with Crippen molar-refractivity contribution in [2.24, 2.45) is 5.73 Å². The molecule has 6 heteroatoms. The molecule has 3 rings (SSSR count).